The molecule has 30 heavy (non-hydrogen) atoms. The average Bonchev–Trinajstić information content (AvgIpc) is 3.36. The SMILES string of the molecule is O=c1cccnn1-c1cnc(N[C@H]2CC[C@H](Nc3nc4ccccn4n3)C2)c(F)c1. The molecule has 1 fully saturated rings. The van der Waals surface area contributed by atoms with E-state index in [0.29, 0.717) is 5.95 Å². The van der Waals surface area contributed by atoms with E-state index in [1.807, 2.05) is 24.4 Å². The fraction of sp³-hybridized carbons (Fsp3) is 0.250. The Balaban J connectivity index is 1.24. The molecule has 4 aromatic rings. The minimum absolute atomic E-state index is 0.0740. The molecule has 0 aromatic carbocycles. The Hall–Kier alpha value is -3.82. The lowest BCUT2D eigenvalue weighted by Crippen LogP contribution is -2.23. The molecule has 1 aliphatic carbocycles. The van der Waals surface area contributed by atoms with Crippen LogP contribution in [0.4, 0.5) is 16.2 Å². The molecule has 2 atom stereocenters. The van der Waals surface area contributed by atoms with Gasteiger partial charge in [0.1, 0.15) is 0 Å². The van der Waals surface area contributed by atoms with E-state index in [0.717, 1.165) is 29.6 Å². The molecule has 0 radical (unpaired) electrons. The van der Waals surface area contributed by atoms with Crippen LogP contribution in [0.25, 0.3) is 11.3 Å². The second kappa shape index (κ2) is 7.54. The Labute approximate surface area is 170 Å². The predicted octanol–water partition coefficient (Wildman–Crippen LogP) is 2.25. The van der Waals surface area contributed by atoms with Crippen molar-refractivity contribution in [3.63, 3.8) is 0 Å². The zero-order chi connectivity index (χ0) is 20.5. The summed E-state index contributed by atoms with van der Waals surface area (Å²) in [5.74, 6) is 0.226. The lowest BCUT2D eigenvalue weighted by molar-refractivity contribution is 0.613. The van der Waals surface area contributed by atoms with Crippen molar-refractivity contribution in [2.24, 2.45) is 0 Å². The first kappa shape index (κ1) is 18.2. The number of fused-ring (bicyclic) bond motifs is 1. The van der Waals surface area contributed by atoms with Crippen LogP contribution in [-0.4, -0.2) is 41.4 Å². The Morgan fingerprint density at radius 1 is 1.10 bits per heavy atom. The van der Waals surface area contributed by atoms with Crippen molar-refractivity contribution in [3.8, 4) is 5.69 Å². The maximum Gasteiger partial charge on any atom is 0.271 e. The fourth-order valence-corrected chi connectivity index (χ4v) is 3.71. The number of anilines is 2. The largest absolute Gasteiger partial charge is 0.365 e. The van der Waals surface area contributed by atoms with Crippen LogP contribution < -0.4 is 16.2 Å². The summed E-state index contributed by atoms with van der Waals surface area (Å²) in [7, 11) is 0. The highest BCUT2D eigenvalue weighted by atomic mass is 19.1. The third-order valence-corrected chi connectivity index (χ3v) is 5.14. The number of hydrogen-bond acceptors (Lipinski definition) is 7. The van der Waals surface area contributed by atoms with E-state index in [9.17, 15) is 9.18 Å². The molecule has 4 aromatic heterocycles. The highest BCUT2D eigenvalue weighted by Gasteiger charge is 2.26. The number of nitrogens with zero attached hydrogens (tertiary/aromatic N) is 6. The van der Waals surface area contributed by atoms with Gasteiger partial charge in [0, 0.05) is 36.6 Å². The number of aromatic nitrogens is 6. The van der Waals surface area contributed by atoms with Crippen molar-refractivity contribution in [1.29, 1.82) is 0 Å². The van der Waals surface area contributed by atoms with Gasteiger partial charge in [0.05, 0.1) is 11.9 Å². The van der Waals surface area contributed by atoms with Crippen LogP contribution in [0.5, 0.6) is 0 Å². The molecule has 0 saturated heterocycles. The lowest BCUT2D eigenvalue weighted by atomic mass is 10.2. The molecule has 1 aliphatic rings. The van der Waals surface area contributed by atoms with Crippen molar-refractivity contribution < 1.29 is 4.39 Å². The maximum atomic E-state index is 14.6. The van der Waals surface area contributed by atoms with Crippen LogP contribution in [0.3, 0.4) is 0 Å². The third kappa shape index (κ3) is 3.59. The van der Waals surface area contributed by atoms with Gasteiger partial charge in [0.15, 0.2) is 17.3 Å². The molecule has 10 heteroatoms. The third-order valence-electron chi connectivity index (χ3n) is 5.14. The van der Waals surface area contributed by atoms with Gasteiger partial charge in [-0.15, -0.1) is 5.10 Å². The number of hydrogen-bond donors (Lipinski definition) is 2. The van der Waals surface area contributed by atoms with Crippen molar-refractivity contribution in [1.82, 2.24) is 29.4 Å². The number of halogens is 1. The Morgan fingerprint density at radius 3 is 2.77 bits per heavy atom. The van der Waals surface area contributed by atoms with E-state index in [-0.39, 0.29) is 29.1 Å². The van der Waals surface area contributed by atoms with Gasteiger partial charge in [-0.05, 0) is 37.5 Å². The number of pyridine rings is 2. The van der Waals surface area contributed by atoms with Crippen molar-refractivity contribution in [3.05, 3.63) is 71.2 Å². The Bertz CT molecular complexity index is 1220. The number of rotatable bonds is 5. The van der Waals surface area contributed by atoms with Gasteiger partial charge in [0.25, 0.3) is 5.56 Å². The molecule has 0 spiro atoms. The van der Waals surface area contributed by atoms with Crippen LogP contribution in [-0.2, 0) is 0 Å². The lowest BCUT2D eigenvalue weighted by Gasteiger charge is -2.15. The highest BCUT2D eigenvalue weighted by molar-refractivity contribution is 5.45. The summed E-state index contributed by atoms with van der Waals surface area (Å²) in [6.45, 7) is 0. The first-order valence-electron chi connectivity index (χ1n) is 9.70. The predicted molar refractivity (Wildman–Crippen MR) is 109 cm³/mol. The van der Waals surface area contributed by atoms with Crippen LogP contribution in [0, 0.1) is 5.82 Å². The van der Waals surface area contributed by atoms with E-state index in [1.165, 1.54) is 30.6 Å². The summed E-state index contributed by atoms with van der Waals surface area (Å²) in [6.07, 6.45) is 7.33. The standard InChI is InChI=1S/C20H19FN8O/c21-16-11-15(29-18(30)5-3-8-23-29)12-22-19(16)24-13-6-7-14(10-13)25-20-26-17-4-1-2-9-28(17)27-20/h1-5,8-9,11-14H,6-7,10H2,(H,22,24)(H,25,27)/t13-,14-/m0/s1. The fourth-order valence-electron chi connectivity index (χ4n) is 3.71. The minimum atomic E-state index is -0.525. The summed E-state index contributed by atoms with van der Waals surface area (Å²) >= 11 is 0. The molecular formula is C20H19FN8O. The zero-order valence-corrected chi connectivity index (χ0v) is 15.9. The molecule has 1 saturated carbocycles. The van der Waals surface area contributed by atoms with Gasteiger partial charge >= 0.3 is 0 Å². The van der Waals surface area contributed by atoms with Crippen molar-refractivity contribution in [2.75, 3.05) is 10.6 Å². The Morgan fingerprint density at radius 2 is 1.97 bits per heavy atom. The van der Waals surface area contributed by atoms with Crippen molar-refractivity contribution >= 4 is 17.4 Å². The van der Waals surface area contributed by atoms with E-state index in [2.05, 4.69) is 30.8 Å². The molecule has 0 amide bonds. The molecule has 0 bridgehead atoms. The van der Waals surface area contributed by atoms with E-state index < -0.39 is 5.82 Å². The topological polar surface area (TPSA) is 102 Å². The monoisotopic (exact) mass is 406 g/mol. The van der Waals surface area contributed by atoms with E-state index in [1.54, 1.807) is 4.52 Å². The van der Waals surface area contributed by atoms with Gasteiger partial charge < -0.3 is 10.6 Å². The van der Waals surface area contributed by atoms with Gasteiger partial charge in [-0.2, -0.15) is 14.8 Å². The minimum Gasteiger partial charge on any atom is -0.365 e. The quantitative estimate of drug-likeness (QED) is 0.524. The van der Waals surface area contributed by atoms with E-state index in [4.69, 9.17) is 0 Å². The summed E-state index contributed by atoms with van der Waals surface area (Å²) in [5.41, 5.74) is 0.725. The molecule has 0 unspecified atom stereocenters. The van der Waals surface area contributed by atoms with Gasteiger partial charge in [-0.3, -0.25) is 4.79 Å². The summed E-state index contributed by atoms with van der Waals surface area (Å²) < 4.78 is 17.4. The normalized spacial score (nSPS) is 18.6. The second-order valence-corrected chi connectivity index (χ2v) is 7.23. The van der Waals surface area contributed by atoms with Crippen molar-refractivity contribution in [2.45, 2.75) is 31.3 Å². The van der Waals surface area contributed by atoms with Gasteiger partial charge in [-0.1, -0.05) is 6.07 Å². The molecular weight excluding hydrogens is 387 g/mol. The molecule has 5 rings (SSSR count). The summed E-state index contributed by atoms with van der Waals surface area (Å²) in [6, 6.07) is 10.1. The molecule has 4 heterocycles. The zero-order valence-electron chi connectivity index (χ0n) is 15.9. The molecule has 2 N–H and O–H groups in total. The van der Waals surface area contributed by atoms with E-state index >= 15 is 0 Å². The number of nitrogens with one attached hydrogen (secondary N) is 2. The molecule has 9 nitrogen and oxygen atoms in total. The first-order chi connectivity index (χ1) is 14.7. The smallest absolute Gasteiger partial charge is 0.271 e. The summed E-state index contributed by atoms with van der Waals surface area (Å²) in [5, 5.41) is 14.9. The van der Waals surface area contributed by atoms with Gasteiger partial charge in [0.2, 0.25) is 5.95 Å². The maximum absolute atomic E-state index is 14.6. The second-order valence-electron chi connectivity index (χ2n) is 7.23. The van der Waals surface area contributed by atoms with Crippen LogP contribution >= 0.6 is 0 Å². The highest BCUT2D eigenvalue weighted by Crippen LogP contribution is 2.26. The van der Waals surface area contributed by atoms with Crippen LogP contribution in [0.1, 0.15) is 19.3 Å². The molecule has 152 valence electrons. The first-order valence-corrected chi connectivity index (χ1v) is 9.70. The summed E-state index contributed by atoms with van der Waals surface area (Å²) in [4.78, 5) is 20.5. The van der Waals surface area contributed by atoms with Crippen LogP contribution in [0.2, 0.25) is 0 Å². The Kier molecular flexibility index (Phi) is 4.58. The molecule has 0 aliphatic heterocycles. The van der Waals surface area contributed by atoms with Gasteiger partial charge in [-0.25, -0.2) is 13.9 Å². The average molecular weight is 406 g/mol. The van der Waals surface area contributed by atoms with Crippen LogP contribution in [0.15, 0.2) is 59.8 Å².